The van der Waals surface area contributed by atoms with Crippen molar-refractivity contribution in [2.75, 3.05) is 0 Å². The topological polar surface area (TPSA) is 61.8 Å². The zero-order valence-electron chi connectivity index (χ0n) is 10.7. The van der Waals surface area contributed by atoms with Crippen LogP contribution >= 0.6 is 0 Å². The molecule has 0 saturated heterocycles. The molecule has 0 radical (unpaired) electrons. The van der Waals surface area contributed by atoms with E-state index in [0.29, 0.717) is 11.3 Å². The van der Waals surface area contributed by atoms with Gasteiger partial charge in [0, 0.05) is 11.6 Å². The van der Waals surface area contributed by atoms with Crippen LogP contribution in [-0.4, -0.2) is 14.9 Å². The molecule has 0 bridgehead atoms. The molecule has 2 rings (SSSR count). The predicted molar refractivity (Wildman–Crippen MR) is 69.0 cm³/mol. The van der Waals surface area contributed by atoms with Gasteiger partial charge in [-0.1, -0.05) is 12.1 Å². The van der Waals surface area contributed by atoms with Crippen molar-refractivity contribution in [2.24, 2.45) is 0 Å². The Labute approximate surface area is 106 Å². The number of benzene rings is 1. The van der Waals surface area contributed by atoms with Crippen molar-refractivity contribution in [2.45, 2.75) is 26.3 Å². The molecular formula is C14H15N3O. The van der Waals surface area contributed by atoms with E-state index in [1.165, 1.54) is 0 Å². The smallest absolute Gasteiger partial charge is 0.210 e. The lowest BCUT2D eigenvalue weighted by Gasteiger charge is -2.19. The Bertz CT molecular complexity index is 597. The van der Waals surface area contributed by atoms with Crippen LogP contribution in [0.15, 0.2) is 30.3 Å². The van der Waals surface area contributed by atoms with E-state index < -0.39 is 0 Å². The summed E-state index contributed by atoms with van der Waals surface area (Å²) in [6, 6.07) is 10.8. The zero-order chi connectivity index (χ0) is 13.3. The maximum Gasteiger partial charge on any atom is 0.210 e. The molecule has 4 nitrogen and oxygen atoms in total. The molecule has 0 aliphatic carbocycles. The molecule has 1 heterocycles. The fourth-order valence-corrected chi connectivity index (χ4v) is 1.72. The third-order valence-corrected chi connectivity index (χ3v) is 2.64. The average molecular weight is 241 g/mol. The molecule has 0 saturated carbocycles. The minimum atomic E-state index is -0.269. The molecule has 0 aliphatic rings. The summed E-state index contributed by atoms with van der Waals surface area (Å²) in [4.78, 5) is 0. The number of rotatable bonds is 1. The molecule has 0 amide bonds. The predicted octanol–water partition coefficient (Wildman–Crippen LogP) is 2.88. The summed E-state index contributed by atoms with van der Waals surface area (Å²) in [7, 11) is 0. The van der Waals surface area contributed by atoms with E-state index in [4.69, 9.17) is 5.26 Å². The van der Waals surface area contributed by atoms with Crippen molar-refractivity contribution in [3.05, 3.63) is 35.9 Å². The lowest BCUT2D eigenvalue weighted by Crippen LogP contribution is -2.22. The Hall–Kier alpha value is -2.28. The number of hydrogen-bond donors (Lipinski definition) is 1. The average Bonchev–Trinajstić information content (AvgIpc) is 2.71. The summed E-state index contributed by atoms with van der Waals surface area (Å²) in [5, 5.41) is 23.0. The first kappa shape index (κ1) is 12.2. The summed E-state index contributed by atoms with van der Waals surface area (Å²) in [5.74, 6) is 0.141. The van der Waals surface area contributed by atoms with Crippen molar-refractivity contribution in [1.82, 2.24) is 9.78 Å². The van der Waals surface area contributed by atoms with Gasteiger partial charge in [0.05, 0.1) is 22.9 Å². The third kappa shape index (κ3) is 2.21. The molecule has 0 fully saturated rings. The van der Waals surface area contributed by atoms with Crippen molar-refractivity contribution in [1.29, 1.82) is 5.26 Å². The second-order valence-corrected chi connectivity index (χ2v) is 5.16. The molecule has 18 heavy (non-hydrogen) atoms. The van der Waals surface area contributed by atoms with Crippen LogP contribution < -0.4 is 0 Å². The summed E-state index contributed by atoms with van der Waals surface area (Å²) >= 11 is 0. The molecule has 92 valence electrons. The van der Waals surface area contributed by atoms with Gasteiger partial charge in [-0.2, -0.15) is 10.4 Å². The van der Waals surface area contributed by atoms with Crippen molar-refractivity contribution >= 4 is 0 Å². The van der Waals surface area contributed by atoms with Gasteiger partial charge in [-0.05, 0) is 32.9 Å². The zero-order valence-corrected chi connectivity index (χ0v) is 10.7. The first-order valence-corrected chi connectivity index (χ1v) is 5.72. The maximum absolute atomic E-state index is 9.88. The molecule has 0 atom stereocenters. The number of aromatic nitrogens is 2. The second kappa shape index (κ2) is 4.19. The number of nitriles is 1. The van der Waals surface area contributed by atoms with Crippen LogP contribution in [0.2, 0.25) is 0 Å². The Morgan fingerprint density at radius 3 is 2.28 bits per heavy atom. The molecule has 1 N–H and O–H groups in total. The first-order valence-electron chi connectivity index (χ1n) is 5.72. The SMILES string of the molecule is CC(C)(C)n1nc(-c2ccc(C#N)cc2)cc1O. The minimum absolute atomic E-state index is 0.141. The molecule has 0 unspecified atom stereocenters. The molecule has 1 aromatic carbocycles. The van der Waals surface area contributed by atoms with E-state index in [1.54, 1.807) is 22.9 Å². The van der Waals surface area contributed by atoms with Crippen molar-refractivity contribution in [3.8, 4) is 23.2 Å². The van der Waals surface area contributed by atoms with Crippen LogP contribution in [0.1, 0.15) is 26.3 Å². The molecule has 2 aromatic rings. The summed E-state index contributed by atoms with van der Waals surface area (Å²) < 4.78 is 1.58. The van der Waals surface area contributed by atoms with Crippen LogP contribution in [0.5, 0.6) is 5.88 Å². The van der Waals surface area contributed by atoms with E-state index in [9.17, 15) is 5.11 Å². The van der Waals surface area contributed by atoms with Gasteiger partial charge in [0.1, 0.15) is 0 Å². The molecular weight excluding hydrogens is 226 g/mol. The minimum Gasteiger partial charge on any atom is -0.493 e. The van der Waals surface area contributed by atoms with Gasteiger partial charge in [-0.25, -0.2) is 4.68 Å². The van der Waals surface area contributed by atoms with Crippen molar-refractivity contribution < 1.29 is 5.11 Å². The van der Waals surface area contributed by atoms with Gasteiger partial charge in [-0.15, -0.1) is 0 Å². The quantitative estimate of drug-likeness (QED) is 0.835. The third-order valence-electron chi connectivity index (χ3n) is 2.64. The van der Waals surface area contributed by atoms with E-state index >= 15 is 0 Å². The number of nitrogens with zero attached hydrogens (tertiary/aromatic N) is 3. The number of aromatic hydroxyl groups is 1. The van der Waals surface area contributed by atoms with E-state index in [-0.39, 0.29) is 11.4 Å². The van der Waals surface area contributed by atoms with E-state index in [2.05, 4.69) is 11.2 Å². The number of hydrogen-bond acceptors (Lipinski definition) is 3. The van der Waals surface area contributed by atoms with Crippen LogP contribution in [0.3, 0.4) is 0 Å². The fourth-order valence-electron chi connectivity index (χ4n) is 1.72. The highest BCUT2D eigenvalue weighted by atomic mass is 16.3. The summed E-state index contributed by atoms with van der Waals surface area (Å²) in [6.45, 7) is 5.92. The Morgan fingerprint density at radius 2 is 1.83 bits per heavy atom. The van der Waals surface area contributed by atoms with E-state index in [0.717, 1.165) is 5.56 Å². The van der Waals surface area contributed by atoms with Gasteiger partial charge in [0.25, 0.3) is 0 Å². The standard InChI is InChI=1S/C14H15N3O/c1-14(2,3)17-13(18)8-12(16-17)11-6-4-10(9-15)5-7-11/h4-8,18H,1-3H3. The lowest BCUT2D eigenvalue weighted by atomic mass is 10.1. The van der Waals surface area contributed by atoms with Gasteiger partial charge >= 0.3 is 0 Å². The van der Waals surface area contributed by atoms with Crippen LogP contribution in [0, 0.1) is 11.3 Å². The Kier molecular flexibility index (Phi) is 2.84. The Balaban J connectivity index is 2.43. The monoisotopic (exact) mass is 241 g/mol. The highest BCUT2D eigenvalue weighted by Crippen LogP contribution is 2.27. The Morgan fingerprint density at radius 1 is 1.22 bits per heavy atom. The largest absolute Gasteiger partial charge is 0.493 e. The van der Waals surface area contributed by atoms with Crippen LogP contribution in [0.25, 0.3) is 11.3 Å². The highest BCUT2D eigenvalue weighted by molar-refractivity contribution is 5.61. The lowest BCUT2D eigenvalue weighted by molar-refractivity contribution is 0.295. The van der Waals surface area contributed by atoms with Gasteiger partial charge in [-0.3, -0.25) is 0 Å². The van der Waals surface area contributed by atoms with Gasteiger partial charge < -0.3 is 5.11 Å². The van der Waals surface area contributed by atoms with Crippen molar-refractivity contribution in [3.63, 3.8) is 0 Å². The molecule has 0 spiro atoms. The maximum atomic E-state index is 9.88. The highest BCUT2D eigenvalue weighted by Gasteiger charge is 2.19. The van der Waals surface area contributed by atoms with Crippen LogP contribution in [0.4, 0.5) is 0 Å². The fraction of sp³-hybridized carbons (Fsp3) is 0.286. The molecule has 1 aromatic heterocycles. The summed E-state index contributed by atoms with van der Waals surface area (Å²) in [6.07, 6.45) is 0. The van der Waals surface area contributed by atoms with Gasteiger partial charge in [0.15, 0.2) is 0 Å². The molecule has 0 aliphatic heterocycles. The first-order chi connectivity index (χ1) is 8.41. The van der Waals surface area contributed by atoms with Crippen LogP contribution in [-0.2, 0) is 5.54 Å². The second-order valence-electron chi connectivity index (χ2n) is 5.16. The van der Waals surface area contributed by atoms with Gasteiger partial charge in [0.2, 0.25) is 5.88 Å². The van der Waals surface area contributed by atoms with E-state index in [1.807, 2.05) is 32.9 Å². The molecule has 4 heteroatoms. The normalized spacial score (nSPS) is 11.2. The summed E-state index contributed by atoms with van der Waals surface area (Å²) in [5.41, 5.74) is 1.92.